The van der Waals surface area contributed by atoms with Crippen molar-refractivity contribution in [3.8, 4) is 0 Å². The van der Waals surface area contributed by atoms with Crippen LogP contribution >= 0.6 is 0 Å². The number of rotatable bonds is 8. The van der Waals surface area contributed by atoms with Gasteiger partial charge in [-0.2, -0.15) is 0 Å². The molecule has 4 heterocycles. The van der Waals surface area contributed by atoms with Crippen molar-refractivity contribution >= 4 is 23.8 Å². The zero-order chi connectivity index (χ0) is 33.3. The highest BCUT2D eigenvalue weighted by Crippen LogP contribution is 2.51. The van der Waals surface area contributed by atoms with E-state index in [0.717, 1.165) is 64.2 Å². The number of hydrogen-bond acceptors (Lipinski definition) is 14. The Morgan fingerprint density at radius 1 is 0.638 bits per heavy atom. The molecule has 0 aromatic carbocycles. The van der Waals surface area contributed by atoms with Gasteiger partial charge in [0.2, 0.25) is 5.91 Å². The van der Waals surface area contributed by atoms with Crippen LogP contribution in [0, 0.1) is 0 Å². The summed E-state index contributed by atoms with van der Waals surface area (Å²) >= 11 is 0. The molecule has 10 atom stereocenters. The summed E-state index contributed by atoms with van der Waals surface area (Å²) in [6.07, 6.45) is 1.57. The minimum Gasteiger partial charge on any atom is -0.463 e. The van der Waals surface area contributed by atoms with Crippen molar-refractivity contribution in [1.82, 2.24) is 5.32 Å². The Bertz CT molecular complexity index is 1170. The number of esters is 3. The minimum atomic E-state index is -1.24. The second-order valence-corrected chi connectivity index (χ2v) is 13.4. The van der Waals surface area contributed by atoms with Gasteiger partial charge in [0.05, 0.1) is 6.61 Å². The van der Waals surface area contributed by atoms with Crippen molar-refractivity contribution < 1.29 is 66.5 Å². The first-order valence-electron chi connectivity index (χ1n) is 16.9. The lowest BCUT2D eigenvalue weighted by atomic mass is 9.94. The van der Waals surface area contributed by atoms with E-state index in [0.29, 0.717) is 0 Å². The molecule has 1 amide bonds. The van der Waals surface area contributed by atoms with E-state index in [4.69, 9.17) is 47.4 Å². The summed E-state index contributed by atoms with van der Waals surface area (Å²) in [6, 6.07) is -1.11. The summed E-state index contributed by atoms with van der Waals surface area (Å²) in [4.78, 5) is 48.4. The zero-order valence-corrected chi connectivity index (χ0v) is 27.5. The van der Waals surface area contributed by atoms with Gasteiger partial charge in [-0.05, 0) is 25.7 Å². The third-order valence-electron chi connectivity index (χ3n) is 9.70. The van der Waals surface area contributed by atoms with E-state index in [9.17, 15) is 19.2 Å². The fraction of sp³-hybridized carbons (Fsp3) is 0.875. The molecule has 6 aliphatic rings. The van der Waals surface area contributed by atoms with Gasteiger partial charge in [-0.25, -0.2) is 0 Å². The fourth-order valence-electron chi connectivity index (χ4n) is 7.80. The summed E-state index contributed by atoms with van der Waals surface area (Å²) in [5.41, 5.74) is 0. The molecule has 0 bridgehead atoms. The van der Waals surface area contributed by atoms with Crippen LogP contribution in [0.4, 0.5) is 0 Å². The van der Waals surface area contributed by atoms with E-state index >= 15 is 0 Å². The number of fused-ring (bicyclic) bond motifs is 3. The summed E-state index contributed by atoms with van der Waals surface area (Å²) < 4.78 is 61.8. The predicted octanol–water partition coefficient (Wildman–Crippen LogP) is 1.90. The second-order valence-electron chi connectivity index (χ2n) is 13.4. The quantitative estimate of drug-likeness (QED) is 0.293. The van der Waals surface area contributed by atoms with Gasteiger partial charge in [-0.3, -0.25) is 19.2 Å². The Labute approximate surface area is 273 Å². The molecule has 2 spiro atoms. The Morgan fingerprint density at radius 2 is 1.21 bits per heavy atom. The number of amides is 1. The monoisotopic (exact) mass is 669 g/mol. The SMILES string of the molecule is CC(=O)N[C@H]1[C@@H](OC[C@H]2O[C@@H]3OC4(CCCCC4)O[C@@H]3[C@H]3OC4(CCCCC4)O[C@@H]32)O[C@@H](COC(C)=O)[C@@H](OC(C)=O)[C@@H]1OC(C)=O. The number of carbonyl (C=O) groups is 4. The molecule has 4 saturated heterocycles. The smallest absolute Gasteiger partial charge is 0.303 e. The lowest BCUT2D eigenvalue weighted by Crippen LogP contribution is -2.67. The molecule has 15 nitrogen and oxygen atoms in total. The van der Waals surface area contributed by atoms with Gasteiger partial charge in [0, 0.05) is 53.4 Å². The van der Waals surface area contributed by atoms with Crippen LogP contribution in [0.25, 0.3) is 0 Å². The molecule has 2 aliphatic carbocycles. The highest BCUT2D eigenvalue weighted by Gasteiger charge is 2.64. The molecule has 0 aromatic rings. The first kappa shape index (κ1) is 34.5. The average molecular weight is 670 g/mol. The van der Waals surface area contributed by atoms with Crippen LogP contribution in [0.2, 0.25) is 0 Å². The topological polar surface area (TPSA) is 173 Å². The first-order valence-corrected chi connectivity index (χ1v) is 16.9. The van der Waals surface area contributed by atoms with Crippen LogP contribution in [0.5, 0.6) is 0 Å². The Hall–Kier alpha value is -2.40. The van der Waals surface area contributed by atoms with Crippen molar-refractivity contribution in [2.45, 2.75) is 165 Å². The molecule has 264 valence electrons. The van der Waals surface area contributed by atoms with Crippen molar-refractivity contribution in [2.24, 2.45) is 0 Å². The summed E-state index contributed by atoms with van der Waals surface area (Å²) in [5, 5.41) is 2.73. The van der Waals surface area contributed by atoms with E-state index in [-0.39, 0.29) is 13.2 Å². The first-order chi connectivity index (χ1) is 22.5. The molecular formula is C32H47NO14. The van der Waals surface area contributed by atoms with Crippen molar-refractivity contribution in [2.75, 3.05) is 13.2 Å². The summed E-state index contributed by atoms with van der Waals surface area (Å²) in [6.45, 7) is 4.46. The van der Waals surface area contributed by atoms with Crippen LogP contribution in [0.1, 0.15) is 91.9 Å². The Morgan fingerprint density at radius 3 is 1.81 bits per heavy atom. The highest BCUT2D eigenvalue weighted by molar-refractivity contribution is 5.73. The van der Waals surface area contributed by atoms with E-state index in [1.54, 1.807) is 0 Å². The predicted molar refractivity (Wildman–Crippen MR) is 156 cm³/mol. The van der Waals surface area contributed by atoms with Gasteiger partial charge < -0.3 is 52.7 Å². The van der Waals surface area contributed by atoms with E-state index < -0.39 is 96.7 Å². The molecule has 47 heavy (non-hydrogen) atoms. The van der Waals surface area contributed by atoms with Crippen molar-refractivity contribution in [3.63, 3.8) is 0 Å². The largest absolute Gasteiger partial charge is 0.463 e. The molecule has 6 rings (SSSR count). The second kappa shape index (κ2) is 14.2. The van der Waals surface area contributed by atoms with Gasteiger partial charge in [0.1, 0.15) is 43.2 Å². The maximum Gasteiger partial charge on any atom is 0.303 e. The van der Waals surface area contributed by atoms with E-state index in [1.807, 2.05) is 0 Å². The van der Waals surface area contributed by atoms with E-state index in [2.05, 4.69) is 5.32 Å². The zero-order valence-electron chi connectivity index (χ0n) is 27.5. The van der Waals surface area contributed by atoms with Gasteiger partial charge in [-0.1, -0.05) is 12.8 Å². The molecule has 4 aliphatic heterocycles. The summed E-state index contributed by atoms with van der Waals surface area (Å²) in [5.74, 6) is -3.92. The molecule has 6 fully saturated rings. The van der Waals surface area contributed by atoms with Crippen LogP contribution in [0.15, 0.2) is 0 Å². The van der Waals surface area contributed by atoms with Crippen LogP contribution < -0.4 is 5.32 Å². The number of hydrogen-bond donors (Lipinski definition) is 1. The van der Waals surface area contributed by atoms with Gasteiger partial charge in [0.15, 0.2) is 36.4 Å². The average Bonchev–Trinajstić information content (AvgIpc) is 3.55. The minimum absolute atomic E-state index is 0.0910. The highest BCUT2D eigenvalue weighted by atomic mass is 16.9. The molecule has 0 aromatic heterocycles. The lowest BCUT2D eigenvalue weighted by Gasteiger charge is -2.45. The Balaban J connectivity index is 1.25. The van der Waals surface area contributed by atoms with Gasteiger partial charge in [-0.15, -0.1) is 0 Å². The number of carbonyl (C=O) groups excluding carboxylic acids is 4. The Kier molecular flexibility index (Phi) is 10.4. The maximum atomic E-state index is 12.4. The molecule has 2 saturated carbocycles. The molecular weight excluding hydrogens is 622 g/mol. The van der Waals surface area contributed by atoms with Gasteiger partial charge in [0.25, 0.3) is 0 Å². The van der Waals surface area contributed by atoms with Crippen LogP contribution in [0.3, 0.4) is 0 Å². The number of ether oxygens (including phenoxy) is 10. The molecule has 0 radical (unpaired) electrons. The molecule has 0 unspecified atom stereocenters. The maximum absolute atomic E-state index is 12.4. The summed E-state index contributed by atoms with van der Waals surface area (Å²) in [7, 11) is 0. The number of nitrogens with one attached hydrogen (secondary N) is 1. The third kappa shape index (κ3) is 7.61. The molecule has 15 heteroatoms. The van der Waals surface area contributed by atoms with Crippen molar-refractivity contribution in [3.05, 3.63) is 0 Å². The lowest BCUT2D eigenvalue weighted by molar-refractivity contribution is -0.298. The normalized spacial score (nSPS) is 38.6. The molecule has 1 N–H and O–H groups in total. The van der Waals surface area contributed by atoms with Crippen LogP contribution in [-0.4, -0.2) is 110 Å². The van der Waals surface area contributed by atoms with Crippen LogP contribution in [-0.2, 0) is 66.5 Å². The van der Waals surface area contributed by atoms with Gasteiger partial charge >= 0.3 is 17.9 Å². The third-order valence-corrected chi connectivity index (χ3v) is 9.70. The van der Waals surface area contributed by atoms with E-state index in [1.165, 1.54) is 27.7 Å². The fourth-order valence-corrected chi connectivity index (χ4v) is 7.80. The van der Waals surface area contributed by atoms with Crippen molar-refractivity contribution in [1.29, 1.82) is 0 Å². The standard InChI is InChI=1S/C32H47NO14/c1-17(34)33-23-26(41-20(4)37)24(40-19(3)36)21(15-38-18(2)35)42-29(23)39-16-22-25-27(45-31(44-25)11-7-5-8-12-31)28-30(43-22)47-32(46-28)13-9-6-10-14-32/h21-30H,5-16H2,1-4H3,(H,33,34)/t21-,22+,23+,24+,25+,26+,27-,28+,29-,30+/m0/s1.